The summed E-state index contributed by atoms with van der Waals surface area (Å²) in [6.07, 6.45) is 3.39. The molecule has 0 aromatic heterocycles. The summed E-state index contributed by atoms with van der Waals surface area (Å²) in [5.41, 5.74) is 9.38. The highest BCUT2D eigenvalue weighted by atomic mass is 19.3. The SMILES string of the molecule is N=Cc1c(N)ccc(C2CC2)c1CNC(=O)c1ccc(OC(F)F)cc1. The number of alkyl halides is 2. The molecule has 2 aromatic rings. The van der Waals surface area contributed by atoms with Gasteiger partial charge in [0.15, 0.2) is 0 Å². The van der Waals surface area contributed by atoms with Gasteiger partial charge in [0.2, 0.25) is 0 Å². The second-order valence-corrected chi connectivity index (χ2v) is 6.14. The fourth-order valence-electron chi connectivity index (χ4n) is 2.90. The highest BCUT2D eigenvalue weighted by Crippen LogP contribution is 2.43. The van der Waals surface area contributed by atoms with Gasteiger partial charge < -0.3 is 21.2 Å². The van der Waals surface area contributed by atoms with E-state index in [0.29, 0.717) is 22.7 Å². The van der Waals surface area contributed by atoms with Gasteiger partial charge in [0.1, 0.15) is 5.75 Å². The third-order valence-electron chi connectivity index (χ3n) is 4.36. The number of nitrogen functional groups attached to an aromatic ring is 1. The van der Waals surface area contributed by atoms with E-state index in [-0.39, 0.29) is 18.2 Å². The van der Waals surface area contributed by atoms with Crippen molar-refractivity contribution in [3.63, 3.8) is 0 Å². The molecule has 4 N–H and O–H groups in total. The van der Waals surface area contributed by atoms with Crippen LogP contribution < -0.4 is 15.8 Å². The molecule has 3 rings (SSSR count). The molecular weight excluding hydrogens is 340 g/mol. The van der Waals surface area contributed by atoms with Crippen molar-refractivity contribution in [2.45, 2.75) is 31.9 Å². The molecule has 0 saturated heterocycles. The maximum Gasteiger partial charge on any atom is 0.387 e. The largest absolute Gasteiger partial charge is 0.435 e. The Hall–Kier alpha value is -2.96. The molecule has 2 aromatic carbocycles. The average molecular weight is 359 g/mol. The second kappa shape index (κ2) is 7.51. The molecular formula is C19H19F2N3O2. The zero-order valence-electron chi connectivity index (χ0n) is 14.0. The van der Waals surface area contributed by atoms with Crippen molar-refractivity contribution in [1.29, 1.82) is 5.41 Å². The Morgan fingerprint density at radius 3 is 2.54 bits per heavy atom. The van der Waals surface area contributed by atoms with Gasteiger partial charge in [0.25, 0.3) is 5.91 Å². The minimum atomic E-state index is -2.90. The lowest BCUT2D eigenvalue weighted by Crippen LogP contribution is -2.24. The van der Waals surface area contributed by atoms with E-state index in [4.69, 9.17) is 11.1 Å². The van der Waals surface area contributed by atoms with Gasteiger partial charge in [0, 0.05) is 29.6 Å². The Bertz CT molecular complexity index is 818. The van der Waals surface area contributed by atoms with Crippen LogP contribution in [-0.2, 0) is 6.54 Å². The minimum Gasteiger partial charge on any atom is -0.435 e. The topological polar surface area (TPSA) is 88.2 Å². The average Bonchev–Trinajstić information content (AvgIpc) is 3.44. The molecule has 0 radical (unpaired) electrons. The van der Waals surface area contributed by atoms with Crippen molar-refractivity contribution >= 4 is 17.8 Å². The van der Waals surface area contributed by atoms with Crippen LogP contribution in [0, 0.1) is 5.41 Å². The number of amides is 1. The Morgan fingerprint density at radius 2 is 1.96 bits per heavy atom. The third-order valence-corrected chi connectivity index (χ3v) is 4.36. The van der Waals surface area contributed by atoms with E-state index in [2.05, 4.69) is 10.1 Å². The summed E-state index contributed by atoms with van der Waals surface area (Å²) in [5, 5.41) is 10.4. The number of halogens is 2. The van der Waals surface area contributed by atoms with E-state index in [1.807, 2.05) is 6.07 Å². The van der Waals surface area contributed by atoms with E-state index in [1.54, 1.807) is 6.07 Å². The van der Waals surface area contributed by atoms with Gasteiger partial charge in [0.05, 0.1) is 0 Å². The molecule has 1 amide bonds. The van der Waals surface area contributed by atoms with Crippen LogP contribution >= 0.6 is 0 Å². The molecule has 0 heterocycles. The molecule has 0 unspecified atom stereocenters. The number of hydrogen-bond acceptors (Lipinski definition) is 4. The maximum atomic E-state index is 12.3. The first-order valence-corrected chi connectivity index (χ1v) is 8.24. The summed E-state index contributed by atoms with van der Waals surface area (Å²) in [5.74, 6) is 0.107. The summed E-state index contributed by atoms with van der Waals surface area (Å²) in [6, 6.07) is 9.23. The molecule has 26 heavy (non-hydrogen) atoms. The molecule has 0 atom stereocenters. The van der Waals surface area contributed by atoms with Crippen LogP contribution in [0.2, 0.25) is 0 Å². The quantitative estimate of drug-likeness (QED) is 0.520. The minimum absolute atomic E-state index is 0.00510. The Morgan fingerprint density at radius 1 is 1.27 bits per heavy atom. The molecule has 7 heteroatoms. The summed E-state index contributed by atoms with van der Waals surface area (Å²) < 4.78 is 28.6. The fourth-order valence-corrected chi connectivity index (χ4v) is 2.90. The van der Waals surface area contributed by atoms with Gasteiger partial charge in [-0.3, -0.25) is 4.79 Å². The van der Waals surface area contributed by atoms with E-state index in [9.17, 15) is 13.6 Å². The van der Waals surface area contributed by atoms with E-state index in [0.717, 1.165) is 24.0 Å². The Labute approximate surface area is 149 Å². The number of nitrogens with one attached hydrogen (secondary N) is 2. The molecule has 0 spiro atoms. The molecule has 1 saturated carbocycles. The Kier molecular flexibility index (Phi) is 5.16. The first kappa shape index (κ1) is 17.8. The second-order valence-electron chi connectivity index (χ2n) is 6.14. The van der Waals surface area contributed by atoms with Crippen molar-refractivity contribution < 1.29 is 18.3 Å². The van der Waals surface area contributed by atoms with Gasteiger partial charge in [-0.05, 0) is 60.2 Å². The van der Waals surface area contributed by atoms with Gasteiger partial charge >= 0.3 is 6.61 Å². The number of anilines is 1. The van der Waals surface area contributed by atoms with Crippen molar-refractivity contribution in [3.05, 3.63) is 58.7 Å². The number of nitrogens with two attached hydrogens (primary N) is 1. The number of carbonyl (C=O) groups is 1. The van der Waals surface area contributed by atoms with Crippen molar-refractivity contribution in [1.82, 2.24) is 5.32 Å². The maximum absolute atomic E-state index is 12.3. The smallest absolute Gasteiger partial charge is 0.387 e. The monoisotopic (exact) mass is 359 g/mol. The first-order valence-electron chi connectivity index (χ1n) is 8.24. The number of carbonyl (C=O) groups excluding carboxylic acids is 1. The van der Waals surface area contributed by atoms with Crippen molar-refractivity contribution in [2.75, 3.05) is 5.73 Å². The van der Waals surface area contributed by atoms with E-state index < -0.39 is 6.61 Å². The number of hydrogen-bond donors (Lipinski definition) is 3. The van der Waals surface area contributed by atoms with Gasteiger partial charge in [-0.25, -0.2) is 0 Å². The van der Waals surface area contributed by atoms with Crippen molar-refractivity contribution in [2.24, 2.45) is 0 Å². The number of ether oxygens (including phenoxy) is 1. The predicted octanol–water partition coefficient (Wildman–Crippen LogP) is 3.68. The van der Waals surface area contributed by atoms with Crippen LogP contribution in [0.4, 0.5) is 14.5 Å². The molecule has 5 nitrogen and oxygen atoms in total. The highest BCUT2D eigenvalue weighted by Gasteiger charge is 2.27. The third kappa shape index (κ3) is 3.99. The first-order chi connectivity index (χ1) is 12.5. The van der Waals surface area contributed by atoms with Crippen LogP contribution in [0.1, 0.15) is 45.8 Å². The Balaban J connectivity index is 1.73. The summed E-state index contributed by atoms with van der Waals surface area (Å²) in [7, 11) is 0. The number of benzene rings is 2. The normalized spacial score (nSPS) is 13.5. The fraction of sp³-hybridized carbons (Fsp3) is 0.263. The zero-order valence-corrected chi connectivity index (χ0v) is 14.0. The van der Waals surface area contributed by atoms with Crippen LogP contribution in [0.15, 0.2) is 36.4 Å². The zero-order chi connectivity index (χ0) is 18.7. The molecule has 1 aliphatic rings. The molecule has 0 bridgehead atoms. The summed E-state index contributed by atoms with van der Waals surface area (Å²) in [6.45, 7) is -2.66. The highest BCUT2D eigenvalue weighted by molar-refractivity contribution is 5.94. The lowest BCUT2D eigenvalue weighted by Gasteiger charge is -2.15. The van der Waals surface area contributed by atoms with E-state index >= 15 is 0 Å². The van der Waals surface area contributed by atoms with Gasteiger partial charge in [-0.1, -0.05) is 6.07 Å². The molecule has 1 fully saturated rings. The molecule has 136 valence electrons. The summed E-state index contributed by atoms with van der Waals surface area (Å²) >= 11 is 0. The number of rotatable bonds is 7. The summed E-state index contributed by atoms with van der Waals surface area (Å²) in [4.78, 5) is 12.3. The van der Waals surface area contributed by atoms with Crippen LogP contribution in [-0.4, -0.2) is 18.7 Å². The van der Waals surface area contributed by atoms with Crippen LogP contribution in [0.25, 0.3) is 0 Å². The molecule has 1 aliphatic carbocycles. The van der Waals surface area contributed by atoms with Crippen molar-refractivity contribution in [3.8, 4) is 5.75 Å². The predicted molar refractivity (Wildman–Crippen MR) is 95.0 cm³/mol. The van der Waals surface area contributed by atoms with E-state index in [1.165, 1.54) is 30.5 Å². The lowest BCUT2D eigenvalue weighted by atomic mass is 9.96. The van der Waals surface area contributed by atoms with Gasteiger partial charge in [-0.2, -0.15) is 8.78 Å². The van der Waals surface area contributed by atoms with Crippen LogP contribution in [0.5, 0.6) is 5.75 Å². The standard InChI is InChI=1S/C19H19F2N3O2/c20-19(21)26-13-5-3-12(4-6-13)18(25)24-10-16-14(11-1-2-11)7-8-17(23)15(16)9-22/h3-9,11,19,22H,1-2,10,23H2,(H,24,25). The van der Waals surface area contributed by atoms with Gasteiger partial charge in [-0.15, -0.1) is 0 Å². The molecule has 0 aliphatic heterocycles. The van der Waals surface area contributed by atoms with Crippen LogP contribution in [0.3, 0.4) is 0 Å². The lowest BCUT2D eigenvalue weighted by molar-refractivity contribution is -0.0498.